The van der Waals surface area contributed by atoms with Gasteiger partial charge in [-0.3, -0.25) is 4.79 Å². The van der Waals surface area contributed by atoms with Crippen molar-refractivity contribution in [2.75, 3.05) is 5.32 Å². The normalized spacial score (nSPS) is 11.3. The third-order valence-corrected chi connectivity index (χ3v) is 6.66. The highest BCUT2D eigenvalue weighted by Crippen LogP contribution is 2.15. The highest BCUT2D eigenvalue weighted by Gasteiger charge is 2.13. The predicted octanol–water partition coefficient (Wildman–Crippen LogP) is 5.08. The SMILES string of the molecule is CCCCc1ccc(NC(=O)CCc2ccc(S(=O)(=O)NCc3ccccc3)cc2)cc1. The van der Waals surface area contributed by atoms with Crippen LogP contribution in [0.1, 0.15) is 42.9 Å². The third-order valence-electron chi connectivity index (χ3n) is 5.24. The van der Waals surface area contributed by atoms with Crippen LogP contribution in [0.5, 0.6) is 0 Å². The zero-order chi connectivity index (χ0) is 22.8. The summed E-state index contributed by atoms with van der Waals surface area (Å²) < 4.78 is 27.6. The van der Waals surface area contributed by atoms with Gasteiger partial charge in [0.05, 0.1) is 4.90 Å². The number of anilines is 1. The molecule has 6 heteroatoms. The van der Waals surface area contributed by atoms with Crippen LogP contribution in [0.25, 0.3) is 0 Å². The van der Waals surface area contributed by atoms with Crippen molar-refractivity contribution >= 4 is 21.6 Å². The highest BCUT2D eigenvalue weighted by molar-refractivity contribution is 7.89. The maximum atomic E-state index is 12.5. The lowest BCUT2D eigenvalue weighted by Crippen LogP contribution is -2.23. The van der Waals surface area contributed by atoms with Gasteiger partial charge in [-0.25, -0.2) is 13.1 Å². The molecule has 0 radical (unpaired) electrons. The van der Waals surface area contributed by atoms with E-state index in [4.69, 9.17) is 0 Å². The van der Waals surface area contributed by atoms with E-state index in [2.05, 4.69) is 29.1 Å². The van der Waals surface area contributed by atoms with E-state index in [9.17, 15) is 13.2 Å². The van der Waals surface area contributed by atoms with Crippen molar-refractivity contribution < 1.29 is 13.2 Å². The van der Waals surface area contributed by atoms with Gasteiger partial charge in [-0.1, -0.05) is 67.9 Å². The van der Waals surface area contributed by atoms with Crippen LogP contribution in [0.2, 0.25) is 0 Å². The summed E-state index contributed by atoms with van der Waals surface area (Å²) in [6.45, 7) is 2.41. The predicted molar refractivity (Wildman–Crippen MR) is 129 cm³/mol. The molecule has 0 aliphatic rings. The number of hydrogen-bond donors (Lipinski definition) is 2. The van der Waals surface area contributed by atoms with Crippen molar-refractivity contribution in [3.63, 3.8) is 0 Å². The van der Waals surface area contributed by atoms with Gasteiger partial charge < -0.3 is 5.32 Å². The molecule has 5 nitrogen and oxygen atoms in total. The lowest BCUT2D eigenvalue weighted by atomic mass is 10.1. The second-order valence-electron chi connectivity index (χ2n) is 7.80. The second kappa shape index (κ2) is 11.6. The van der Waals surface area contributed by atoms with Gasteiger partial charge in [-0.2, -0.15) is 0 Å². The fourth-order valence-corrected chi connectivity index (χ4v) is 4.33. The minimum absolute atomic E-state index is 0.0625. The fourth-order valence-electron chi connectivity index (χ4n) is 3.31. The Hall–Kier alpha value is -2.96. The van der Waals surface area contributed by atoms with E-state index in [1.807, 2.05) is 42.5 Å². The lowest BCUT2D eigenvalue weighted by Gasteiger charge is -2.09. The van der Waals surface area contributed by atoms with E-state index in [-0.39, 0.29) is 17.3 Å². The summed E-state index contributed by atoms with van der Waals surface area (Å²) in [4.78, 5) is 12.5. The molecule has 0 atom stereocenters. The maximum absolute atomic E-state index is 12.5. The number of sulfonamides is 1. The molecule has 3 rings (SSSR count). The molecule has 0 spiro atoms. The average molecular weight is 451 g/mol. The number of nitrogens with one attached hydrogen (secondary N) is 2. The van der Waals surface area contributed by atoms with Crippen LogP contribution in [0.15, 0.2) is 83.8 Å². The van der Waals surface area contributed by atoms with Crippen LogP contribution in [-0.2, 0) is 34.2 Å². The summed E-state index contributed by atoms with van der Waals surface area (Å²) in [6.07, 6.45) is 4.25. The van der Waals surface area contributed by atoms with Crippen LogP contribution < -0.4 is 10.0 Å². The largest absolute Gasteiger partial charge is 0.326 e. The molecule has 32 heavy (non-hydrogen) atoms. The Bertz CT molecular complexity index is 1090. The molecule has 1 amide bonds. The molecular weight excluding hydrogens is 420 g/mol. The lowest BCUT2D eigenvalue weighted by molar-refractivity contribution is -0.116. The van der Waals surface area contributed by atoms with Crippen LogP contribution in [0, 0.1) is 0 Å². The summed E-state index contributed by atoms with van der Waals surface area (Å²) >= 11 is 0. The molecular formula is C26H30N2O3S. The zero-order valence-electron chi connectivity index (χ0n) is 18.4. The zero-order valence-corrected chi connectivity index (χ0v) is 19.2. The molecule has 168 valence electrons. The van der Waals surface area contributed by atoms with E-state index in [0.717, 1.165) is 36.1 Å². The summed E-state index contributed by atoms with van der Waals surface area (Å²) in [5, 5.41) is 2.92. The summed E-state index contributed by atoms with van der Waals surface area (Å²) in [6, 6.07) is 24.0. The molecule has 0 saturated carbocycles. The minimum Gasteiger partial charge on any atom is -0.326 e. The molecule has 0 aliphatic carbocycles. The van der Waals surface area contributed by atoms with E-state index in [1.54, 1.807) is 24.3 Å². The minimum atomic E-state index is -3.59. The summed E-state index contributed by atoms with van der Waals surface area (Å²) in [5.41, 5.74) is 3.88. The molecule has 0 bridgehead atoms. The number of amides is 1. The number of rotatable bonds is 11. The molecule has 2 N–H and O–H groups in total. The molecule has 3 aromatic rings. The Balaban J connectivity index is 1.48. The van der Waals surface area contributed by atoms with Gasteiger partial charge in [0, 0.05) is 18.7 Å². The summed E-state index contributed by atoms with van der Waals surface area (Å²) in [5.74, 6) is -0.0625. The van der Waals surface area contributed by atoms with E-state index in [1.165, 1.54) is 5.56 Å². The molecule has 0 aliphatic heterocycles. The Kier molecular flexibility index (Phi) is 8.59. The van der Waals surface area contributed by atoms with Gasteiger partial charge in [0.15, 0.2) is 0 Å². The highest BCUT2D eigenvalue weighted by atomic mass is 32.2. The van der Waals surface area contributed by atoms with Crippen molar-refractivity contribution in [2.24, 2.45) is 0 Å². The molecule has 0 aromatic heterocycles. The van der Waals surface area contributed by atoms with Crippen molar-refractivity contribution in [2.45, 2.75) is 50.5 Å². The molecule has 3 aromatic carbocycles. The molecule has 0 heterocycles. The number of unbranched alkanes of at least 4 members (excludes halogenated alkanes) is 1. The van der Waals surface area contributed by atoms with Crippen molar-refractivity contribution in [3.05, 3.63) is 95.6 Å². The Morgan fingerprint density at radius 3 is 2.06 bits per heavy atom. The summed E-state index contributed by atoms with van der Waals surface area (Å²) in [7, 11) is -3.59. The first-order valence-electron chi connectivity index (χ1n) is 11.0. The quantitative estimate of drug-likeness (QED) is 0.428. The average Bonchev–Trinajstić information content (AvgIpc) is 2.82. The monoisotopic (exact) mass is 450 g/mol. The number of hydrogen-bond acceptors (Lipinski definition) is 3. The van der Waals surface area contributed by atoms with Gasteiger partial charge in [-0.05, 0) is 60.2 Å². The van der Waals surface area contributed by atoms with Gasteiger partial charge in [0.2, 0.25) is 15.9 Å². The first kappa shape index (κ1) is 23.7. The van der Waals surface area contributed by atoms with Crippen molar-refractivity contribution in [1.82, 2.24) is 4.72 Å². The van der Waals surface area contributed by atoms with Gasteiger partial charge in [-0.15, -0.1) is 0 Å². The Morgan fingerprint density at radius 1 is 0.781 bits per heavy atom. The number of carbonyl (C=O) groups is 1. The number of benzene rings is 3. The van der Waals surface area contributed by atoms with Gasteiger partial charge in [0.25, 0.3) is 0 Å². The Morgan fingerprint density at radius 2 is 1.41 bits per heavy atom. The Labute approximate surface area is 190 Å². The van der Waals surface area contributed by atoms with Crippen molar-refractivity contribution in [3.8, 4) is 0 Å². The van der Waals surface area contributed by atoms with Crippen molar-refractivity contribution in [1.29, 1.82) is 0 Å². The third kappa shape index (κ3) is 7.32. The van der Waals surface area contributed by atoms with Crippen LogP contribution >= 0.6 is 0 Å². The number of aryl methyl sites for hydroxylation is 2. The maximum Gasteiger partial charge on any atom is 0.240 e. The topological polar surface area (TPSA) is 75.3 Å². The van der Waals surface area contributed by atoms with Crippen LogP contribution in [0.3, 0.4) is 0 Å². The van der Waals surface area contributed by atoms with E-state index < -0.39 is 10.0 Å². The molecule has 0 saturated heterocycles. The van der Waals surface area contributed by atoms with Gasteiger partial charge in [0.1, 0.15) is 0 Å². The second-order valence-corrected chi connectivity index (χ2v) is 9.57. The first-order valence-corrected chi connectivity index (χ1v) is 12.5. The first-order chi connectivity index (χ1) is 15.5. The van der Waals surface area contributed by atoms with Crippen LogP contribution in [0.4, 0.5) is 5.69 Å². The molecule has 0 unspecified atom stereocenters. The van der Waals surface area contributed by atoms with Gasteiger partial charge >= 0.3 is 0 Å². The standard InChI is InChI=1S/C26H30N2O3S/c1-2-3-7-21-10-15-24(16-11-21)28-26(29)19-14-22-12-17-25(18-13-22)32(30,31)27-20-23-8-5-4-6-9-23/h4-6,8-13,15-18,27H,2-3,7,14,19-20H2,1H3,(H,28,29). The van der Waals surface area contributed by atoms with E-state index in [0.29, 0.717) is 12.8 Å². The number of carbonyl (C=O) groups excluding carboxylic acids is 1. The van der Waals surface area contributed by atoms with E-state index >= 15 is 0 Å². The smallest absolute Gasteiger partial charge is 0.240 e. The fraction of sp³-hybridized carbons (Fsp3) is 0.269. The van der Waals surface area contributed by atoms with Crippen LogP contribution in [-0.4, -0.2) is 14.3 Å². The molecule has 0 fully saturated rings.